The van der Waals surface area contributed by atoms with E-state index in [4.69, 9.17) is 0 Å². The monoisotopic (exact) mass is 489 g/mol. The van der Waals surface area contributed by atoms with Gasteiger partial charge in [-0.3, -0.25) is 4.79 Å². The molecule has 5 nitrogen and oxygen atoms in total. The van der Waals surface area contributed by atoms with Crippen molar-refractivity contribution in [2.75, 3.05) is 13.1 Å². The molecule has 1 amide bonds. The van der Waals surface area contributed by atoms with Crippen LogP contribution in [0.2, 0.25) is 0 Å². The SMILES string of the molecule is CCNC=O.Cc1cc(SN2CCc3ccccc3C2)c(C)n1C.FC(F)Oc1ccccc1. The number of fused-ring (bicyclic) bond motifs is 1. The van der Waals surface area contributed by atoms with Crippen molar-refractivity contribution in [3.8, 4) is 5.75 Å². The van der Waals surface area contributed by atoms with E-state index in [9.17, 15) is 13.6 Å². The van der Waals surface area contributed by atoms with Crippen molar-refractivity contribution in [2.24, 2.45) is 7.05 Å². The maximum Gasteiger partial charge on any atom is 0.387 e. The first-order valence-corrected chi connectivity index (χ1v) is 11.9. The van der Waals surface area contributed by atoms with Gasteiger partial charge in [0.05, 0.1) is 0 Å². The molecule has 1 aliphatic rings. The first kappa shape index (κ1) is 27.4. The number of carbonyl (C=O) groups is 1. The predicted octanol–water partition coefficient (Wildman–Crippen LogP) is 5.75. The molecule has 1 N–H and O–H groups in total. The molecule has 0 atom stereocenters. The zero-order chi connectivity index (χ0) is 24.9. The smallest absolute Gasteiger partial charge is 0.387 e. The van der Waals surface area contributed by atoms with Crippen LogP contribution in [-0.2, 0) is 24.8 Å². The van der Waals surface area contributed by atoms with Gasteiger partial charge in [-0.25, -0.2) is 4.31 Å². The van der Waals surface area contributed by atoms with Crippen LogP contribution in [0.25, 0.3) is 0 Å². The summed E-state index contributed by atoms with van der Waals surface area (Å²) in [7, 11) is 2.14. The topological polar surface area (TPSA) is 46.5 Å². The van der Waals surface area contributed by atoms with Gasteiger partial charge in [-0.15, -0.1) is 0 Å². The minimum atomic E-state index is -2.73. The molecule has 1 aliphatic heterocycles. The molecule has 0 radical (unpaired) electrons. The number of para-hydroxylation sites is 1. The maximum absolute atomic E-state index is 11.5. The average molecular weight is 490 g/mol. The van der Waals surface area contributed by atoms with Crippen LogP contribution in [-0.4, -0.2) is 35.0 Å². The Morgan fingerprint density at radius 3 is 2.26 bits per heavy atom. The van der Waals surface area contributed by atoms with Crippen LogP contribution in [0.1, 0.15) is 29.4 Å². The number of hydrogen-bond acceptors (Lipinski definition) is 4. The fraction of sp³-hybridized carbons (Fsp3) is 0.346. The van der Waals surface area contributed by atoms with E-state index >= 15 is 0 Å². The summed E-state index contributed by atoms with van der Waals surface area (Å²) < 4.78 is 31.8. The van der Waals surface area contributed by atoms with Crippen LogP contribution in [0.3, 0.4) is 0 Å². The van der Waals surface area contributed by atoms with E-state index < -0.39 is 6.61 Å². The van der Waals surface area contributed by atoms with Gasteiger partial charge < -0.3 is 14.6 Å². The summed E-state index contributed by atoms with van der Waals surface area (Å²) >= 11 is 1.90. The van der Waals surface area contributed by atoms with Crippen molar-refractivity contribution in [3.05, 3.63) is 83.2 Å². The number of ether oxygens (including phenoxy) is 1. The fourth-order valence-electron chi connectivity index (χ4n) is 3.29. The summed E-state index contributed by atoms with van der Waals surface area (Å²) in [5.74, 6) is 0.192. The van der Waals surface area contributed by atoms with E-state index in [2.05, 4.69) is 70.2 Å². The molecule has 184 valence electrons. The van der Waals surface area contributed by atoms with Gasteiger partial charge in [-0.1, -0.05) is 42.5 Å². The lowest BCUT2D eigenvalue weighted by molar-refractivity contribution is -0.109. The van der Waals surface area contributed by atoms with Gasteiger partial charge in [-0.05, 0) is 68.5 Å². The number of aromatic nitrogens is 1. The number of aryl methyl sites for hydroxylation is 1. The van der Waals surface area contributed by atoms with E-state index in [0.29, 0.717) is 6.41 Å². The molecular formula is C26H33F2N3O2S. The van der Waals surface area contributed by atoms with Crippen molar-refractivity contribution in [3.63, 3.8) is 0 Å². The third kappa shape index (κ3) is 8.83. The van der Waals surface area contributed by atoms with Gasteiger partial charge in [-0.2, -0.15) is 8.78 Å². The number of carbonyl (C=O) groups excluding carboxylic acids is 1. The summed E-state index contributed by atoms with van der Waals surface area (Å²) in [5.41, 5.74) is 5.69. The Labute approximate surface area is 205 Å². The number of nitrogens with one attached hydrogen (secondary N) is 1. The van der Waals surface area contributed by atoms with Gasteiger partial charge in [0.15, 0.2) is 0 Å². The third-order valence-corrected chi connectivity index (χ3v) is 6.49. The molecule has 0 saturated carbocycles. The van der Waals surface area contributed by atoms with Gasteiger partial charge in [0.2, 0.25) is 6.41 Å². The fourth-order valence-corrected chi connectivity index (χ4v) is 4.44. The van der Waals surface area contributed by atoms with Gasteiger partial charge in [0.25, 0.3) is 0 Å². The Morgan fingerprint density at radius 1 is 1.09 bits per heavy atom. The summed E-state index contributed by atoms with van der Waals surface area (Å²) in [5, 5.41) is 2.43. The van der Waals surface area contributed by atoms with Crippen molar-refractivity contribution < 1.29 is 18.3 Å². The summed E-state index contributed by atoms with van der Waals surface area (Å²) in [6.07, 6.45) is 1.84. The molecule has 8 heteroatoms. The maximum atomic E-state index is 11.5. The van der Waals surface area contributed by atoms with Gasteiger partial charge in [0.1, 0.15) is 5.75 Å². The molecule has 1 aromatic heterocycles. The molecule has 0 spiro atoms. The van der Waals surface area contributed by atoms with Crippen molar-refractivity contribution in [2.45, 2.75) is 45.2 Å². The summed E-state index contributed by atoms with van der Waals surface area (Å²) in [6, 6.07) is 19.1. The number of halogens is 2. The minimum Gasteiger partial charge on any atom is -0.435 e. The van der Waals surface area contributed by atoms with Crippen LogP contribution in [0.4, 0.5) is 8.78 Å². The van der Waals surface area contributed by atoms with E-state index in [1.54, 1.807) is 18.2 Å². The second-order valence-corrected chi connectivity index (χ2v) is 8.77. The van der Waals surface area contributed by atoms with E-state index in [1.165, 1.54) is 39.5 Å². The normalized spacial score (nSPS) is 12.6. The van der Waals surface area contributed by atoms with Crippen LogP contribution < -0.4 is 10.1 Å². The molecule has 0 saturated heterocycles. The number of rotatable bonds is 6. The van der Waals surface area contributed by atoms with E-state index in [-0.39, 0.29) is 5.75 Å². The standard InChI is InChI=1S/C16H20N2S.C7H6F2O.C3H7NO/c1-12-10-16(13(2)17(12)3)19-18-9-8-14-6-4-5-7-15(14)11-18;8-7(9)10-6-4-2-1-3-5-6;1-2-4-3-5/h4-7,10H,8-9,11H2,1-3H3;1-5,7H;3H,2H2,1H3,(H,4,5). The predicted molar refractivity (Wildman–Crippen MR) is 134 cm³/mol. The first-order valence-electron chi connectivity index (χ1n) is 11.1. The zero-order valence-corrected chi connectivity index (χ0v) is 20.9. The molecule has 0 fully saturated rings. The lowest BCUT2D eigenvalue weighted by Gasteiger charge is -2.27. The van der Waals surface area contributed by atoms with Gasteiger partial charge >= 0.3 is 6.61 Å². The molecule has 0 aliphatic carbocycles. The molecule has 2 aromatic carbocycles. The Balaban J connectivity index is 0.000000228. The first-order chi connectivity index (χ1) is 16.3. The number of nitrogens with zero attached hydrogens (tertiary/aromatic N) is 2. The highest BCUT2D eigenvalue weighted by Crippen LogP contribution is 2.32. The summed E-state index contributed by atoms with van der Waals surface area (Å²) in [6.45, 7) is 6.42. The summed E-state index contributed by atoms with van der Waals surface area (Å²) in [4.78, 5) is 10.7. The molecule has 3 aromatic rings. The Morgan fingerprint density at radius 2 is 1.74 bits per heavy atom. The second kappa shape index (κ2) is 14.4. The molecule has 4 rings (SSSR count). The number of amides is 1. The van der Waals surface area contributed by atoms with E-state index in [0.717, 1.165) is 26.1 Å². The van der Waals surface area contributed by atoms with Crippen LogP contribution in [0, 0.1) is 13.8 Å². The second-order valence-electron chi connectivity index (χ2n) is 7.64. The highest BCUT2D eigenvalue weighted by atomic mass is 32.2. The van der Waals surface area contributed by atoms with Crippen molar-refractivity contribution >= 4 is 18.4 Å². The average Bonchev–Trinajstić information content (AvgIpc) is 3.07. The number of hydrogen-bond donors (Lipinski definition) is 1. The Kier molecular flexibility index (Phi) is 11.6. The molecule has 0 bridgehead atoms. The largest absolute Gasteiger partial charge is 0.435 e. The van der Waals surface area contributed by atoms with Gasteiger partial charge in [0, 0.05) is 43.0 Å². The molecular weight excluding hydrogens is 456 g/mol. The van der Waals surface area contributed by atoms with Crippen molar-refractivity contribution in [1.29, 1.82) is 0 Å². The number of benzene rings is 2. The van der Waals surface area contributed by atoms with Crippen molar-refractivity contribution in [1.82, 2.24) is 14.2 Å². The van der Waals surface area contributed by atoms with Crippen LogP contribution >= 0.6 is 11.9 Å². The Hall–Kier alpha value is -2.84. The lowest BCUT2D eigenvalue weighted by Crippen LogP contribution is -2.24. The molecule has 2 heterocycles. The Bertz CT molecular complexity index is 1010. The highest BCUT2D eigenvalue weighted by Gasteiger charge is 2.18. The highest BCUT2D eigenvalue weighted by molar-refractivity contribution is 7.97. The molecule has 0 unspecified atom stereocenters. The van der Waals surface area contributed by atoms with Crippen LogP contribution in [0.5, 0.6) is 5.75 Å². The quantitative estimate of drug-likeness (QED) is 0.354. The van der Waals surface area contributed by atoms with E-state index in [1.807, 2.05) is 18.9 Å². The molecule has 34 heavy (non-hydrogen) atoms. The third-order valence-electron chi connectivity index (χ3n) is 5.31. The zero-order valence-electron chi connectivity index (χ0n) is 20.1. The van der Waals surface area contributed by atoms with Crippen LogP contribution in [0.15, 0.2) is 65.6 Å². The lowest BCUT2D eigenvalue weighted by atomic mass is 10.0. The number of alkyl halides is 2. The minimum absolute atomic E-state index is 0.192.